The second kappa shape index (κ2) is 5.83. The zero-order chi connectivity index (χ0) is 15.7. The third kappa shape index (κ3) is 3.21. The average molecular weight is 328 g/mol. The van der Waals surface area contributed by atoms with Crippen LogP contribution in [0.5, 0.6) is 0 Å². The largest absolute Gasteiger partial charge is 0.391 e. The highest BCUT2D eigenvalue weighted by molar-refractivity contribution is 7.13. The second-order valence-electron chi connectivity index (χ2n) is 5.51. The number of halogens is 3. The Bertz CT molecular complexity index is 638. The van der Waals surface area contributed by atoms with Crippen molar-refractivity contribution in [3.05, 3.63) is 23.5 Å². The molecule has 1 aliphatic carbocycles. The highest BCUT2D eigenvalue weighted by Gasteiger charge is 2.42. The summed E-state index contributed by atoms with van der Waals surface area (Å²) in [6.07, 6.45) is 0.543. The van der Waals surface area contributed by atoms with Gasteiger partial charge in [0.2, 0.25) is 0 Å². The fourth-order valence-corrected chi connectivity index (χ4v) is 3.66. The van der Waals surface area contributed by atoms with Crippen molar-refractivity contribution in [2.75, 3.05) is 5.73 Å². The molecule has 2 heterocycles. The molecule has 2 aromatic rings. The van der Waals surface area contributed by atoms with Crippen LogP contribution in [0.15, 0.2) is 17.8 Å². The Morgan fingerprint density at radius 1 is 1.18 bits per heavy atom. The predicted octanol–water partition coefficient (Wildman–Crippen LogP) is 4.02. The van der Waals surface area contributed by atoms with Crippen molar-refractivity contribution < 1.29 is 13.2 Å². The van der Waals surface area contributed by atoms with Crippen LogP contribution in [0, 0.1) is 5.92 Å². The first kappa shape index (κ1) is 15.2. The number of hydrogen-bond acceptors (Lipinski definition) is 5. The van der Waals surface area contributed by atoms with E-state index < -0.39 is 12.1 Å². The highest BCUT2D eigenvalue weighted by atomic mass is 32.1. The lowest BCUT2D eigenvalue weighted by Gasteiger charge is -2.29. The minimum absolute atomic E-state index is 0.125. The zero-order valence-corrected chi connectivity index (χ0v) is 12.5. The van der Waals surface area contributed by atoms with Crippen molar-refractivity contribution in [1.82, 2.24) is 15.0 Å². The monoisotopic (exact) mass is 328 g/mol. The number of nitrogens with zero attached hydrogens (tertiary/aromatic N) is 3. The fraction of sp³-hybridized carbons (Fsp3) is 0.500. The fourth-order valence-electron chi connectivity index (χ4n) is 2.80. The molecule has 1 fully saturated rings. The number of nitrogen functional groups attached to an aromatic ring is 1. The summed E-state index contributed by atoms with van der Waals surface area (Å²) in [5, 5.41) is 2.49. The maximum atomic E-state index is 12.9. The number of rotatable bonds is 2. The van der Waals surface area contributed by atoms with E-state index in [2.05, 4.69) is 15.0 Å². The topological polar surface area (TPSA) is 64.7 Å². The minimum atomic E-state index is -4.11. The number of aromatic nitrogens is 3. The van der Waals surface area contributed by atoms with Crippen LogP contribution < -0.4 is 5.73 Å². The summed E-state index contributed by atoms with van der Waals surface area (Å²) in [5.41, 5.74) is 6.81. The van der Waals surface area contributed by atoms with Gasteiger partial charge in [0.05, 0.1) is 24.0 Å². The normalized spacial score (nSPS) is 22.7. The first-order valence-electron chi connectivity index (χ1n) is 7.03. The third-order valence-electron chi connectivity index (χ3n) is 3.97. The Balaban J connectivity index is 1.77. The number of alkyl halides is 3. The second-order valence-corrected chi connectivity index (χ2v) is 6.36. The molecule has 118 valence electrons. The first-order chi connectivity index (χ1) is 10.4. The lowest BCUT2D eigenvalue weighted by molar-refractivity contribution is -0.183. The Morgan fingerprint density at radius 3 is 2.68 bits per heavy atom. The van der Waals surface area contributed by atoms with Gasteiger partial charge in [-0.3, -0.25) is 0 Å². The molecule has 2 unspecified atom stereocenters. The van der Waals surface area contributed by atoms with Crippen LogP contribution in [-0.4, -0.2) is 21.1 Å². The van der Waals surface area contributed by atoms with Crippen molar-refractivity contribution in [3.8, 4) is 10.7 Å². The van der Waals surface area contributed by atoms with Gasteiger partial charge in [0.25, 0.3) is 0 Å². The van der Waals surface area contributed by atoms with Crippen LogP contribution in [-0.2, 0) is 0 Å². The molecule has 22 heavy (non-hydrogen) atoms. The number of anilines is 1. The molecular weight excluding hydrogens is 313 g/mol. The van der Waals surface area contributed by atoms with Crippen molar-refractivity contribution in [1.29, 1.82) is 0 Å². The van der Waals surface area contributed by atoms with Gasteiger partial charge in [-0.05, 0) is 19.3 Å². The molecule has 0 spiro atoms. The van der Waals surface area contributed by atoms with E-state index in [4.69, 9.17) is 5.73 Å². The van der Waals surface area contributed by atoms with E-state index in [1.165, 1.54) is 23.7 Å². The third-order valence-corrected chi connectivity index (χ3v) is 4.85. The van der Waals surface area contributed by atoms with E-state index in [-0.39, 0.29) is 18.8 Å². The van der Waals surface area contributed by atoms with Gasteiger partial charge >= 0.3 is 6.18 Å². The maximum Gasteiger partial charge on any atom is 0.391 e. The Hall–Kier alpha value is -1.70. The molecule has 4 nitrogen and oxygen atoms in total. The van der Waals surface area contributed by atoms with E-state index in [1.54, 1.807) is 0 Å². The number of thiazole rings is 1. The van der Waals surface area contributed by atoms with Crippen LogP contribution in [0.4, 0.5) is 19.0 Å². The Kier molecular flexibility index (Phi) is 4.03. The summed E-state index contributed by atoms with van der Waals surface area (Å²) in [6.45, 7) is 0. The van der Waals surface area contributed by atoms with E-state index in [1.807, 2.05) is 5.38 Å². The SMILES string of the molecule is Nc1cnc(-c2nc(C3CCCC(C(F)(F)F)C3)cs2)cn1. The van der Waals surface area contributed by atoms with Gasteiger partial charge < -0.3 is 5.73 Å². The molecule has 0 amide bonds. The first-order valence-corrected chi connectivity index (χ1v) is 7.91. The lowest BCUT2D eigenvalue weighted by atomic mass is 9.80. The molecule has 0 aromatic carbocycles. The van der Waals surface area contributed by atoms with Crippen LogP contribution in [0.1, 0.15) is 37.3 Å². The molecule has 8 heteroatoms. The molecule has 2 atom stereocenters. The van der Waals surface area contributed by atoms with Gasteiger partial charge in [0, 0.05) is 11.3 Å². The van der Waals surface area contributed by atoms with Gasteiger partial charge in [-0.2, -0.15) is 13.2 Å². The standard InChI is InChI=1S/C14H15F3N4S/c15-14(16,17)9-3-1-2-8(4-9)11-7-22-13(21-11)10-5-20-12(18)6-19-10/h5-9H,1-4H2,(H2,18,20). The van der Waals surface area contributed by atoms with Gasteiger partial charge in [-0.1, -0.05) is 6.42 Å². The molecule has 0 radical (unpaired) electrons. The molecule has 1 saturated carbocycles. The Labute approximate surface area is 129 Å². The molecule has 0 saturated heterocycles. The smallest absolute Gasteiger partial charge is 0.382 e. The van der Waals surface area contributed by atoms with Crippen LogP contribution in [0.3, 0.4) is 0 Å². The summed E-state index contributed by atoms with van der Waals surface area (Å²) in [5.74, 6) is -1.03. The summed E-state index contributed by atoms with van der Waals surface area (Å²) in [4.78, 5) is 12.6. The van der Waals surface area contributed by atoms with Crippen LogP contribution >= 0.6 is 11.3 Å². The quantitative estimate of drug-likeness (QED) is 0.904. The lowest BCUT2D eigenvalue weighted by Crippen LogP contribution is -2.28. The van der Waals surface area contributed by atoms with Crippen molar-refractivity contribution in [2.45, 2.75) is 37.8 Å². The average Bonchev–Trinajstić information content (AvgIpc) is 2.97. The van der Waals surface area contributed by atoms with Crippen LogP contribution in [0.2, 0.25) is 0 Å². The molecule has 3 rings (SSSR count). The van der Waals surface area contributed by atoms with Crippen LogP contribution in [0.25, 0.3) is 10.7 Å². The highest BCUT2D eigenvalue weighted by Crippen LogP contribution is 2.44. The predicted molar refractivity (Wildman–Crippen MR) is 78.3 cm³/mol. The summed E-state index contributed by atoms with van der Waals surface area (Å²) >= 11 is 1.38. The molecule has 0 aliphatic heterocycles. The molecule has 1 aliphatic rings. The Morgan fingerprint density at radius 2 is 2.00 bits per heavy atom. The van der Waals surface area contributed by atoms with Gasteiger partial charge in [0.15, 0.2) is 0 Å². The maximum absolute atomic E-state index is 12.9. The van der Waals surface area contributed by atoms with E-state index >= 15 is 0 Å². The minimum Gasteiger partial charge on any atom is -0.382 e. The van der Waals surface area contributed by atoms with Crippen molar-refractivity contribution in [3.63, 3.8) is 0 Å². The molecule has 2 aromatic heterocycles. The van der Waals surface area contributed by atoms with E-state index in [0.717, 1.165) is 12.1 Å². The van der Waals surface area contributed by atoms with Gasteiger partial charge in [-0.15, -0.1) is 11.3 Å². The van der Waals surface area contributed by atoms with Crippen molar-refractivity contribution in [2.24, 2.45) is 5.92 Å². The van der Waals surface area contributed by atoms with E-state index in [9.17, 15) is 13.2 Å². The van der Waals surface area contributed by atoms with E-state index in [0.29, 0.717) is 22.9 Å². The molecular formula is C14H15F3N4S. The molecule has 0 bridgehead atoms. The zero-order valence-electron chi connectivity index (χ0n) is 11.7. The van der Waals surface area contributed by atoms with Crippen molar-refractivity contribution >= 4 is 17.2 Å². The summed E-state index contributed by atoms with van der Waals surface area (Å²) in [7, 11) is 0. The summed E-state index contributed by atoms with van der Waals surface area (Å²) in [6, 6.07) is 0. The summed E-state index contributed by atoms with van der Waals surface area (Å²) < 4.78 is 38.7. The van der Waals surface area contributed by atoms with Gasteiger partial charge in [-0.25, -0.2) is 15.0 Å². The number of hydrogen-bond donors (Lipinski definition) is 1. The van der Waals surface area contributed by atoms with Gasteiger partial charge in [0.1, 0.15) is 16.5 Å². The molecule has 2 N–H and O–H groups in total. The number of nitrogens with two attached hydrogens (primary N) is 1.